The molecule has 132 valence electrons. The normalized spacial score (nSPS) is 16.7. The highest BCUT2D eigenvalue weighted by Crippen LogP contribution is 2.33. The summed E-state index contributed by atoms with van der Waals surface area (Å²) in [7, 11) is 1.52. The number of ether oxygens (including phenoxy) is 1. The highest BCUT2D eigenvalue weighted by atomic mass is 16.5. The van der Waals surface area contributed by atoms with Crippen molar-refractivity contribution in [3.8, 4) is 17.4 Å². The highest BCUT2D eigenvalue weighted by Gasteiger charge is 2.34. The molecule has 4 rings (SSSR count). The average Bonchev–Trinajstić information content (AvgIpc) is 3.37. The Bertz CT molecular complexity index is 912. The molecule has 1 aliphatic heterocycles. The standard InChI is InChI=1S/C18H17N5O3/c1-25-15-11-12(7-9-20-15)18(24)23-10-4-6-14(23)17-21-16(22-26-17)13-5-2-3-8-19-13/h2-3,5,7-9,11,14H,4,6,10H2,1H3. The van der Waals surface area contributed by atoms with Crippen molar-refractivity contribution in [1.82, 2.24) is 25.0 Å². The summed E-state index contributed by atoms with van der Waals surface area (Å²) in [4.78, 5) is 27.4. The van der Waals surface area contributed by atoms with Gasteiger partial charge in [0.25, 0.3) is 5.91 Å². The Balaban J connectivity index is 1.59. The van der Waals surface area contributed by atoms with Crippen LogP contribution in [0.4, 0.5) is 0 Å². The van der Waals surface area contributed by atoms with Crippen LogP contribution in [0.2, 0.25) is 0 Å². The second-order valence-electron chi connectivity index (χ2n) is 5.91. The van der Waals surface area contributed by atoms with Gasteiger partial charge in [-0.3, -0.25) is 9.78 Å². The van der Waals surface area contributed by atoms with Crippen molar-refractivity contribution in [3.05, 3.63) is 54.2 Å². The molecule has 4 heterocycles. The first-order valence-electron chi connectivity index (χ1n) is 8.32. The minimum absolute atomic E-state index is 0.106. The summed E-state index contributed by atoms with van der Waals surface area (Å²) in [6.45, 7) is 0.634. The third kappa shape index (κ3) is 3.01. The molecule has 0 bridgehead atoms. The molecule has 1 saturated heterocycles. The molecule has 1 amide bonds. The topological polar surface area (TPSA) is 94.2 Å². The van der Waals surface area contributed by atoms with Gasteiger partial charge in [0.05, 0.1) is 7.11 Å². The number of aromatic nitrogens is 4. The molecular formula is C18H17N5O3. The zero-order chi connectivity index (χ0) is 17.9. The molecule has 1 fully saturated rings. The van der Waals surface area contributed by atoms with E-state index in [-0.39, 0.29) is 11.9 Å². The van der Waals surface area contributed by atoms with E-state index >= 15 is 0 Å². The molecule has 0 aromatic carbocycles. The van der Waals surface area contributed by atoms with Gasteiger partial charge in [0.15, 0.2) is 0 Å². The van der Waals surface area contributed by atoms with Gasteiger partial charge in [-0.2, -0.15) is 4.98 Å². The lowest BCUT2D eigenvalue weighted by atomic mass is 10.2. The fourth-order valence-corrected chi connectivity index (χ4v) is 3.06. The summed E-state index contributed by atoms with van der Waals surface area (Å²) >= 11 is 0. The Hall–Kier alpha value is -3.29. The minimum atomic E-state index is -0.244. The van der Waals surface area contributed by atoms with Crippen molar-refractivity contribution in [2.24, 2.45) is 0 Å². The molecule has 8 nitrogen and oxygen atoms in total. The van der Waals surface area contributed by atoms with E-state index in [1.165, 1.54) is 7.11 Å². The van der Waals surface area contributed by atoms with Crippen molar-refractivity contribution < 1.29 is 14.1 Å². The summed E-state index contributed by atoms with van der Waals surface area (Å²) in [5, 5.41) is 4.01. The van der Waals surface area contributed by atoms with E-state index in [9.17, 15) is 4.79 Å². The summed E-state index contributed by atoms with van der Waals surface area (Å²) in [5.74, 6) is 1.15. The lowest BCUT2D eigenvalue weighted by Gasteiger charge is -2.21. The van der Waals surface area contributed by atoms with E-state index < -0.39 is 0 Å². The van der Waals surface area contributed by atoms with Gasteiger partial charge in [-0.15, -0.1) is 0 Å². The van der Waals surface area contributed by atoms with Crippen LogP contribution in [-0.4, -0.2) is 44.6 Å². The number of amides is 1. The molecule has 1 aliphatic rings. The van der Waals surface area contributed by atoms with E-state index in [0.717, 1.165) is 12.8 Å². The summed E-state index contributed by atoms with van der Waals surface area (Å²) in [6.07, 6.45) is 4.88. The highest BCUT2D eigenvalue weighted by molar-refractivity contribution is 5.94. The number of likely N-dealkylation sites (tertiary alicyclic amines) is 1. The van der Waals surface area contributed by atoms with Crippen LogP contribution in [0.5, 0.6) is 5.88 Å². The smallest absolute Gasteiger partial charge is 0.254 e. The van der Waals surface area contributed by atoms with E-state index in [4.69, 9.17) is 9.26 Å². The van der Waals surface area contributed by atoms with Crippen LogP contribution in [0.15, 0.2) is 47.2 Å². The van der Waals surface area contributed by atoms with Gasteiger partial charge in [-0.1, -0.05) is 11.2 Å². The second kappa shape index (κ2) is 6.91. The van der Waals surface area contributed by atoms with Crippen molar-refractivity contribution >= 4 is 5.91 Å². The molecule has 26 heavy (non-hydrogen) atoms. The number of carbonyl (C=O) groups is 1. The van der Waals surface area contributed by atoms with Crippen LogP contribution < -0.4 is 4.74 Å². The van der Waals surface area contributed by atoms with Crippen LogP contribution >= 0.6 is 0 Å². The van der Waals surface area contributed by atoms with Crippen molar-refractivity contribution in [2.45, 2.75) is 18.9 Å². The molecule has 0 saturated carbocycles. The molecule has 1 unspecified atom stereocenters. The Kier molecular flexibility index (Phi) is 4.30. The lowest BCUT2D eigenvalue weighted by Crippen LogP contribution is -2.30. The quantitative estimate of drug-likeness (QED) is 0.713. The largest absolute Gasteiger partial charge is 0.481 e. The van der Waals surface area contributed by atoms with E-state index in [0.29, 0.717) is 35.4 Å². The van der Waals surface area contributed by atoms with Gasteiger partial charge in [0.1, 0.15) is 11.7 Å². The van der Waals surface area contributed by atoms with Gasteiger partial charge in [0.2, 0.25) is 17.6 Å². The zero-order valence-corrected chi connectivity index (χ0v) is 14.2. The van der Waals surface area contributed by atoms with Gasteiger partial charge < -0.3 is 14.2 Å². The first-order valence-corrected chi connectivity index (χ1v) is 8.32. The number of methoxy groups -OCH3 is 1. The molecule has 0 N–H and O–H groups in total. The minimum Gasteiger partial charge on any atom is -0.481 e. The predicted molar refractivity (Wildman–Crippen MR) is 91.3 cm³/mol. The zero-order valence-electron chi connectivity index (χ0n) is 14.2. The van der Waals surface area contributed by atoms with Crippen LogP contribution in [-0.2, 0) is 0 Å². The Morgan fingerprint density at radius 2 is 2.19 bits per heavy atom. The van der Waals surface area contributed by atoms with Gasteiger partial charge >= 0.3 is 0 Å². The predicted octanol–water partition coefficient (Wildman–Crippen LogP) is 2.51. The molecule has 0 spiro atoms. The van der Waals surface area contributed by atoms with Crippen LogP contribution in [0.3, 0.4) is 0 Å². The van der Waals surface area contributed by atoms with Crippen molar-refractivity contribution in [2.75, 3.05) is 13.7 Å². The van der Waals surface area contributed by atoms with Crippen molar-refractivity contribution in [1.29, 1.82) is 0 Å². The van der Waals surface area contributed by atoms with Gasteiger partial charge in [-0.25, -0.2) is 4.98 Å². The fraction of sp³-hybridized carbons (Fsp3) is 0.278. The van der Waals surface area contributed by atoms with E-state index in [1.807, 2.05) is 18.2 Å². The first-order chi connectivity index (χ1) is 12.8. The fourth-order valence-electron chi connectivity index (χ4n) is 3.06. The first kappa shape index (κ1) is 16.2. The molecule has 3 aromatic rings. The number of carbonyl (C=O) groups excluding carboxylic acids is 1. The number of hydrogen-bond donors (Lipinski definition) is 0. The second-order valence-corrected chi connectivity index (χ2v) is 5.91. The van der Waals surface area contributed by atoms with Crippen LogP contribution in [0.1, 0.15) is 35.1 Å². The molecule has 3 aromatic heterocycles. The Morgan fingerprint density at radius 3 is 3.00 bits per heavy atom. The maximum absolute atomic E-state index is 12.9. The van der Waals surface area contributed by atoms with Crippen molar-refractivity contribution in [3.63, 3.8) is 0 Å². The third-order valence-corrected chi connectivity index (χ3v) is 4.33. The van der Waals surface area contributed by atoms with Crippen LogP contribution in [0.25, 0.3) is 11.5 Å². The van der Waals surface area contributed by atoms with E-state index in [2.05, 4.69) is 20.1 Å². The molecule has 0 aliphatic carbocycles. The molecular weight excluding hydrogens is 334 g/mol. The lowest BCUT2D eigenvalue weighted by molar-refractivity contribution is 0.0709. The summed E-state index contributed by atoms with van der Waals surface area (Å²) in [5.41, 5.74) is 1.16. The van der Waals surface area contributed by atoms with Crippen LogP contribution in [0, 0.1) is 0 Å². The Labute approximate surface area is 149 Å². The number of hydrogen-bond acceptors (Lipinski definition) is 7. The monoisotopic (exact) mass is 351 g/mol. The summed E-state index contributed by atoms with van der Waals surface area (Å²) in [6, 6.07) is 8.56. The molecule has 0 radical (unpaired) electrons. The van der Waals surface area contributed by atoms with Gasteiger partial charge in [0, 0.05) is 30.6 Å². The maximum atomic E-state index is 12.9. The third-order valence-electron chi connectivity index (χ3n) is 4.33. The SMILES string of the molecule is COc1cc(C(=O)N2CCCC2c2nc(-c3ccccn3)no2)ccn1. The Morgan fingerprint density at radius 1 is 1.27 bits per heavy atom. The maximum Gasteiger partial charge on any atom is 0.254 e. The summed E-state index contributed by atoms with van der Waals surface area (Å²) < 4.78 is 10.5. The van der Waals surface area contributed by atoms with Gasteiger partial charge in [-0.05, 0) is 31.0 Å². The molecule has 8 heteroatoms. The average molecular weight is 351 g/mol. The van der Waals surface area contributed by atoms with E-state index in [1.54, 1.807) is 29.4 Å². The molecule has 1 atom stereocenters. The number of nitrogens with zero attached hydrogens (tertiary/aromatic N) is 5. The number of pyridine rings is 2. The number of rotatable bonds is 4.